The van der Waals surface area contributed by atoms with Crippen LogP contribution in [0.4, 0.5) is 0 Å². The molecule has 0 radical (unpaired) electrons. The minimum atomic E-state index is -0.211. The predicted octanol–water partition coefficient (Wildman–Crippen LogP) is -0.430. The first-order valence-corrected chi connectivity index (χ1v) is 3.13. The highest BCUT2D eigenvalue weighted by Crippen LogP contribution is 1.91. The Bertz CT molecular complexity index is 93.1. The highest BCUT2D eigenvalue weighted by molar-refractivity contribution is 5.73. The van der Waals surface area contributed by atoms with Gasteiger partial charge in [0.2, 0.25) is 0 Å². The van der Waals surface area contributed by atoms with Crippen molar-refractivity contribution in [1.82, 2.24) is 0 Å². The Hall–Kier alpha value is -0.570. The largest absolute Gasteiger partial charge is 0.465 e. The van der Waals surface area contributed by atoms with Crippen LogP contribution in [0.1, 0.15) is 19.8 Å². The SMILES string of the molecule is CCC[C@H]([NH3+])C(=O)OC. The van der Waals surface area contributed by atoms with Crippen molar-refractivity contribution in [3.05, 3.63) is 0 Å². The Morgan fingerprint density at radius 1 is 1.78 bits per heavy atom. The fraction of sp³-hybridized carbons (Fsp3) is 0.833. The smallest absolute Gasteiger partial charge is 0.364 e. The molecule has 0 spiro atoms. The number of hydrogen-bond acceptors (Lipinski definition) is 2. The number of hydrogen-bond donors (Lipinski definition) is 1. The number of carbonyl (C=O) groups is 1. The lowest BCUT2D eigenvalue weighted by molar-refractivity contribution is -0.409. The highest BCUT2D eigenvalue weighted by atomic mass is 16.5. The fourth-order valence-corrected chi connectivity index (χ4v) is 0.633. The summed E-state index contributed by atoms with van der Waals surface area (Å²) in [5.41, 5.74) is 3.62. The average Bonchev–Trinajstić information content (AvgIpc) is 1.87. The summed E-state index contributed by atoms with van der Waals surface area (Å²) in [6.07, 6.45) is 1.79. The van der Waals surface area contributed by atoms with E-state index in [0.29, 0.717) is 0 Å². The van der Waals surface area contributed by atoms with Gasteiger partial charge in [0.25, 0.3) is 0 Å². The molecular formula is C6H14NO2+. The van der Waals surface area contributed by atoms with E-state index in [2.05, 4.69) is 10.5 Å². The molecule has 0 aromatic carbocycles. The molecular weight excluding hydrogens is 118 g/mol. The van der Waals surface area contributed by atoms with Gasteiger partial charge in [-0.3, -0.25) is 0 Å². The third-order valence-corrected chi connectivity index (χ3v) is 1.17. The van der Waals surface area contributed by atoms with Crippen molar-refractivity contribution in [2.75, 3.05) is 7.11 Å². The summed E-state index contributed by atoms with van der Waals surface area (Å²) in [7, 11) is 1.39. The maximum absolute atomic E-state index is 10.6. The van der Waals surface area contributed by atoms with E-state index in [4.69, 9.17) is 0 Å². The van der Waals surface area contributed by atoms with E-state index in [1.807, 2.05) is 6.92 Å². The second-order valence-corrected chi connectivity index (χ2v) is 2.01. The summed E-state index contributed by atoms with van der Waals surface area (Å²) >= 11 is 0. The van der Waals surface area contributed by atoms with Crippen LogP contribution in [0.5, 0.6) is 0 Å². The van der Waals surface area contributed by atoms with Crippen LogP contribution in [-0.4, -0.2) is 19.1 Å². The Kier molecular flexibility index (Phi) is 4.05. The van der Waals surface area contributed by atoms with Crippen LogP contribution in [-0.2, 0) is 9.53 Å². The Morgan fingerprint density at radius 2 is 2.33 bits per heavy atom. The molecule has 0 saturated carbocycles. The van der Waals surface area contributed by atoms with Gasteiger partial charge in [0.05, 0.1) is 7.11 Å². The lowest BCUT2D eigenvalue weighted by Gasteiger charge is -2.02. The summed E-state index contributed by atoms with van der Waals surface area (Å²) < 4.78 is 4.46. The minimum Gasteiger partial charge on any atom is -0.465 e. The fourth-order valence-electron chi connectivity index (χ4n) is 0.633. The van der Waals surface area contributed by atoms with Gasteiger partial charge in [-0.25, -0.2) is 4.79 Å². The van der Waals surface area contributed by atoms with E-state index in [0.717, 1.165) is 12.8 Å². The molecule has 1 atom stereocenters. The lowest BCUT2D eigenvalue weighted by Crippen LogP contribution is -2.65. The number of quaternary nitrogens is 1. The standard InChI is InChI=1S/C6H13NO2/c1-3-4-5(7)6(8)9-2/h5H,3-4,7H2,1-2H3/p+1/t5-/m0/s1. The first-order valence-electron chi connectivity index (χ1n) is 3.13. The van der Waals surface area contributed by atoms with Crippen molar-refractivity contribution in [2.24, 2.45) is 0 Å². The molecule has 9 heavy (non-hydrogen) atoms. The number of esters is 1. The molecule has 0 aromatic rings. The van der Waals surface area contributed by atoms with E-state index in [1.54, 1.807) is 0 Å². The molecule has 3 heteroatoms. The highest BCUT2D eigenvalue weighted by Gasteiger charge is 2.14. The van der Waals surface area contributed by atoms with Gasteiger partial charge in [0.1, 0.15) is 0 Å². The zero-order valence-corrected chi connectivity index (χ0v) is 6.02. The van der Waals surface area contributed by atoms with Crippen LogP contribution in [0.2, 0.25) is 0 Å². The van der Waals surface area contributed by atoms with Crippen LogP contribution in [0.3, 0.4) is 0 Å². The van der Waals surface area contributed by atoms with Crippen LogP contribution >= 0.6 is 0 Å². The average molecular weight is 132 g/mol. The topological polar surface area (TPSA) is 53.9 Å². The van der Waals surface area contributed by atoms with Gasteiger partial charge in [-0.15, -0.1) is 0 Å². The van der Waals surface area contributed by atoms with Gasteiger partial charge in [0, 0.05) is 6.42 Å². The maximum atomic E-state index is 10.6. The molecule has 0 rings (SSSR count). The van der Waals surface area contributed by atoms with Crippen LogP contribution < -0.4 is 5.73 Å². The summed E-state index contributed by atoms with van der Waals surface area (Å²) in [6.45, 7) is 2.02. The number of ether oxygens (including phenoxy) is 1. The third kappa shape index (κ3) is 3.08. The monoisotopic (exact) mass is 132 g/mol. The van der Waals surface area contributed by atoms with Crippen molar-refractivity contribution < 1.29 is 15.3 Å². The molecule has 0 saturated heterocycles. The zero-order chi connectivity index (χ0) is 7.28. The summed E-state index contributed by atoms with van der Waals surface area (Å²) in [6, 6.07) is -0.181. The van der Waals surface area contributed by atoms with E-state index in [1.165, 1.54) is 7.11 Å². The molecule has 0 bridgehead atoms. The number of rotatable bonds is 3. The molecule has 0 amide bonds. The molecule has 0 aromatic heterocycles. The van der Waals surface area contributed by atoms with Gasteiger partial charge in [-0.1, -0.05) is 6.92 Å². The molecule has 0 unspecified atom stereocenters. The van der Waals surface area contributed by atoms with Gasteiger partial charge < -0.3 is 10.5 Å². The molecule has 0 fully saturated rings. The molecule has 3 nitrogen and oxygen atoms in total. The molecule has 3 N–H and O–H groups in total. The van der Waals surface area contributed by atoms with Crippen LogP contribution in [0.25, 0.3) is 0 Å². The van der Waals surface area contributed by atoms with E-state index in [-0.39, 0.29) is 12.0 Å². The van der Waals surface area contributed by atoms with Gasteiger partial charge in [-0.05, 0) is 6.42 Å². The second kappa shape index (κ2) is 4.32. The summed E-state index contributed by atoms with van der Waals surface area (Å²) in [5, 5.41) is 0. The quantitative estimate of drug-likeness (QED) is 0.530. The van der Waals surface area contributed by atoms with Crippen molar-refractivity contribution in [2.45, 2.75) is 25.8 Å². The summed E-state index contributed by atoms with van der Waals surface area (Å²) in [4.78, 5) is 10.6. The van der Waals surface area contributed by atoms with Gasteiger partial charge in [-0.2, -0.15) is 0 Å². The third-order valence-electron chi connectivity index (χ3n) is 1.17. The Balaban J connectivity index is 3.45. The normalized spacial score (nSPS) is 12.8. The minimum absolute atomic E-state index is 0.181. The van der Waals surface area contributed by atoms with E-state index >= 15 is 0 Å². The van der Waals surface area contributed by atoms with Crippen LogP contribution in [0.15, 0.2) is 0 Å². The molecule has 0 aliphatic heterocycles. The lowest BCUT2D eigenvalue weighted by atomic mass is 10.2. The van der Waals surface area contributed by atoms with E-state index in [9.17, 15) is 4.79 Å². The van der Waals surface area contributed by atoms with Gasteiger partial charge in [0.15, 0.2) is 6.04 Å². The molecule has 0 heterocycles. The number of carbonyl (C=O) groups excluding carboxylic acids is 1. The zero-order valence-electron chi connectivity index (χ0n) is 6.02. The first-order chi connectivity index (χ1) is 4.22. The summed E-state index contributed by atoms with van der Waals surface area (Å²) in [5.74, 6) is -0.211. The van der Waals surface area contributed by atoms with Crippen molar-refractivity contribution >= 4 is 5.97 Å². The van der Waals surface area contributed by atoms with Gasteiger partial charge >= 0.3 is 5.97 Å². The van der Waals surface area contributed by atoms with Crippen molar-refractivity contribution in [3.63, 3.8) is 0 Å². The second-order valence-electron chi connectivity index (χ2n) is 2.01. The number of methoxy groups -OCH3 is 1. The Morgan fingerprint density at radius 3 is 2.67 bits per heavy atom. The van der Waals surface area contributed by atoms with Crippen molar-refractivity contribution in [1.29, 1.82) is 0 Å². The molecule has 0 aliphatic carbocycles. The Labute approximate surface area is 55.2 Å². The first kappa shape index (κ1) is 8.43. The van der Waals surface area contributed by atoms with Crippen molar-refractivity contribution in [3.8, 4) is 0 Å². The molecule has 54 valence electrons. The maximum Gasteiger partial charge on any atom is 0.364 e. The molecule has 0 aliphatic rings. The van der Waals surface area contributed by atoms with E-state index < -0.39 is 0 Å². The van der Waals surface area contributed by atoms with Crippen LogP contribution in [0, 0.1) is 0 Å². The predicted molar refractivity (Wildman–Crippen MR) is 33.6 cm³/mol.